The molecule has 0 aliphatic heterocycles. The molecule has 4 rings (SSSR count). The number of hydrogen-bond donors (Lipinski definition) is 0. The number of pyridine rings is 2. The minimum atomic E-state index is 0.659. The standard InChI is InChI=1S/C18H10Cl2N2/c19-13-9-17(21-15-7-3-1-5-11(13)15)18-10-14(20)12-6-2-4-8-16(12)22-18/h1-10H. The van der Waals surface area contributed by atoms with Crippen LogP contribution in [0.4, 0.5) is 0 Å². The molecule has 0 radical (unpaired) electrons. The van der Waals surface area contributed by atoms with Gasteiger partial charge in [-0.25, -0.2) is 9.97 Å². The average molecular weight is 325 g/mol. The van der Waals surface area contributed by atoms with Crippen molar-refractivity contribution in [2.24, 2.45) is 0 Å². The Morgan fingerprint density at radius 2 is 1.00 bits per heavy atom. The molecule has 2 aromatic carbocycles. The van der Waals surface area contributed by atoms with Gasteiger partial charge in [0, 0.05) is 10.8 Å². The zero-order valence-electron chi connectivity index (χ0n) is 11.4. The van der Waals surface area contributed by atoms with E-state index >= 15 is 0 Å². The lowest BCUT2D eigenvalue weighted by Gasteiger charge is -2.07. The SMILES string of the molecule is Clc1cc(-c2cc(Cl)c3ccccc3n2)nc2ccccc12. The summed E-state index contributed by atoms with van der Waals surface area (Å²) in [5.74, 6) is 0. The van der Waals surface area contributed by atoms with Crippen molar-refractivity contribution in [1.82, 2.24) is 9.97 Å². The third-order valence-electron chi connectivity index (χ3n) is 3.59. The Morgan fingerprint density at radius 1 is 0.591 bits per heavy atom. The van der Waals surface area contributed by atoms with Crippen molar-refractivity contribution in [2.75, 3.05) is 0 Å². The molecular formula is C18H10Cl2N2. The van der Waals surface area contributed by atoms with Crippen LogP contribution in [0.25, 0.3) is 33.2 Å². The predicted molar refractivity (Wildman–Crippen MR) is 92.5 cm³/mol. The van der Waals surface area contributed by atoms with Crippen molar-refractivity contribution < 1.29 is 0 Å². The smallest absolute Gasteiger partial charge is 0.0909 e. The first-order valence-electron chi connectivity index (χ1n) is 6.83. The molecule has 22 heavy (non-hydrogen) atoms. The molecule has 0 fully saturated rings. The zero-order chi connectivity index (χ0) is 15.1. The third-order valence-corrected chi connectivity index (χ3v) is 4.22. The van der Waals surface area contributed by atoms with Crippen LogP contribution in [0.15, 0.2) is 60.7 Å². The van der Waals surface area contributed by atoms with Crippen molar-refractivity contribution in [3.63, 3.8) is 0 Å². The molecule has 0 saturated carbocycles. The molecular weight excluding hydrogens is 315 g/mol. The molecule has 0 atom stereocenters. The molecule has 0 aliphatic rings. The molecule has 2 aromatic heterocycles. The van der Waals surface area contributed by atoms with Crippen LogP contribution < -0.4 is 0 Å². The normalized spacial score (nSPS) is 11.2. The van der Waals surface area contributed by atoms with Crippen LogP contribution in [0.3, 0.4) is 0 Å². The monoisotopic (exact) mass is 324 g/mol. The molecule has 4 heteroatoms. The summed E-state index contributed by atoms with van der Waals surface area (Å²) in [6, 6.07) is 19.2. The highest BCUT2D eigenvalue weighted by molar-refractivity contribution is 6.36. The summed E-state index contributed by atoms with van der Waals surface area (Å²) < 4.78 is 0. The highest BCUT2D eigenvalue weighted by Crippen LogP contribution is 2.30. The molecule has 2 nitrogen and oxygen atoms in total. The Balaban J connectivity index is 1.99. The second kappa shape index (κ2) is 5.24. The van der Waals surface area contributed by atoms with Gasteiger partial charge >= 0.3 is 0 Å². The quantitative estimate of drug-likeness (QED) is 0.445. The molecule has 2 heterocycles. The molecule has 0 aliphatic carbocycles. The lowest BCUT2D eigenvalue weighted by atomic mass is 10.1. The van der Waals surface area contributed by atoms with Gasteiger partial charge in [0.25, 0.3) is 0 Å². The minimum Gasteiger partial charge on any atom is -0.246 e. The highest BCUT2D eigenvalue weighted by atomic mass is 35.5. The van der Waals surface area contributed by atoms with E-state index in [-0.39, 0.29) is 0 Å². The van der Waals surface area contributed by atoms with Gasteiger partial charge in [0.1, 0.15) is 0 Å². The Bertz CT molecular complexity index is 929. The molecule has 0 amide bonds. The van der Waals surface area contributed by atoms with Gasteiger partial charge in [-0.1, -0.05) is 59.6 Å². The maximum absolute atomic E-state index is 6.37. The van der Waals surface area contributed by atoms with Crippen LogP contribution in [0.2, 0.25) is 10.0 Å². The van der Waals surface area contributed by atoms with Crippen molar-refractivity contribution >= 4 is 45.0 Å². The number of rotatable bonds is 1. The fourth-order valence-corrected chi connectivity index (χ4v) is 3.05. The summed E-state index contributed by atoms with van der Waals surface area (Å²) in [7, 11) is 0. The van der Waals surface area contributed by atoms with Crippen molar-refractivity contribution in [1.29, 1.82) is 0 Å². The zero-order valence-corrected chi connectivity index (χ0v) is 12.9. The van der Waals surface area contributed by atoms with Gasteiger partial charge in [-0.3, -0.25) is 0 Å². The Hall–Kier alpha value is -2.16. The van der Waals surface area contributed by atoms with Crippen molar-refractivity contribution in [3.05, 3.63) is 70.7 Å². The summed E-state index contributed by atoms with van der Waals surface area (Å²) in [5, 5.41) is 3.18. The van der Waals surface area contributed by atoms with E-state index in [1.807, 2.05) is 60.7 Å². The van der Waals surface area contributed by atoms with Crippen molar-refractivity contribution in [3.8, 4) is 11.4 Å². The van der Waals surface area contributed by atoms with E-state index in [1.165, 1.54) is 0 Å². The van der Waals surface area contributed by atoms with E-state index in [0.717, 1.165) is 33.2 Å². The van der Waals surface area contributed by atoms with Crippen LogP contribution in [-0.2, 0) is 0 Å². The average Bonchev–Trinajstić information content (AvgIpc) is 2.55. The maximum Gasteiger partial charge on any atom is 0.0909 e. The summed E-state index contributed by atoms with van der Waals surface area (Å²) in [6.07, 6.45) is 0. The fraction of sp³-hybridized carbons (Fsp3) is 0. The first kappa shape index (κ1) is 13.5. The molecule has 0 spiro atoms. The second-order valence-electron chi connectivity index (χ2n) is 5.01. The van der Waals surface area contributed by atoms with E-state index in [4.69, 9.17) is 23.2 Å². The highest BCUT2D eigenvalue weighted by Gasteiger charge is 2.10. The minimum absolute atomic E-state index is 0.659. The van der Waals surface area contributed by atoms with Gasteiger partial charge in [0.15, 0.2) is 0 Å². The maximum atomic E-state index is 6.37. The fourth-order valence-electron chi connectivity index (χ4n) is 2.53. The van der Waals surface area contributed by atoms with Gasteiger partial charge in [-0.15, -0.1) is 0 Å². The molecule has 106 valence electrons. The first-order valence-corrected chi connectivity index (χ1v) is 7.59. The van der Waals surface area contributed by atoms with Gasteiger partial charge in [0.2, 0.25) is 0 Å². The molecule has 0 N–H and O–H groups in total. The number of fused-ring (bicyclic) bond motifs is 2. The van der Waals surface area contributed by atoms with Crippen LogP contribution >= 0.6 is 23.2 Å². The van der Waals surface area contributed by atoms with Gasteiger partial charge < -0.3 is 0 Å². The number of hydrogen-bond acceptors (Lipinski definition) is 2. The van der Waals surface area contributed by atoms with Crippen LogP contribution in [0.1, 0.15) is 0 Å². The predicted octanol–water partition coefficient (Wildman–Crippen LogP) is 5.76. The van der Waals surface area contributed by atoms with E-state index in [1.54, 1.807) is 0 Å². The van der Waals surface area contributed by atoms with Gasteiger partial charge in [-0.05, 0) is 24.3 Å². The van der Waals surface area contributed by atoms with Crippen molar-refractivity contribution in [2.45, 2.75) is 0 Å². The third kappa shape index (κ3) is 2.21. The van der Waals surface area contributed by atoms with E-state index in [2.05, 4.69) is 9.97 Å². The van der Waals surface area contributed by atoms with E-state index < -0.39 is 0 Å². The Kier molecular flexibility index (Phi) is 3.21. The lowest BCUT2D eigenvalue weighted by molar-refractivity contribution is 1.32. The number of nitrogens with zero attached hydrogens (tertiary/aromatic N) is 2. The summed E-state index contributed by atoms with van der Waals surface area (Å²) in [5.41, 5.74) is 3.12. The summed E-state index contributed by atoms with van der Waals surface area (Å²) in [4.78, 5) is 9.30. The largest absolute Gasteiger partial charge is 0.246 e. The Labute approximate surface area is 137 Å². The number of halogens is 2. The number of aromatic nitrogens is 2. The van der Waals surface area contributed by atoms with Crippen LogP contribution in [0, 0.1) is 0 Å². The van der Waals surface area contributed by atoms with Gasteiger partial charge in [-0.2, -0.15) is 0 Å². The van der Waals surface area contributed by atoms with Crippen LogP contribution in [0.5, 0.6) is 0 Å². The first-order chi connectivity index (χ1) is 10.7. The van der Waals surface area contributed by atoms with Crippen LogP contribution in [-0.4, -0.2) is 9.97 Å². The summed E-state index contributed by atoms with van der Waals surface area (Å²) in [6.45, 7) is 0. The van der Waals surface area contributed by atoms with E-state index in [9.17, 15) is 0 Å². The van der Waals surface area contributed by atoms with Gasteiger partial charge in [0.05, 0.1) is 32.5 Å². The lowest BCUT2D eigenvalue weighted by Crippen LogP contribution is -1.91. The topological polar surface area (TPSA) is 25.8 Å². The number of para-hydroxylation sites is 2. The molecule has 0 bridgehead atoms. The summed E-state index contributed by atoms with van der Waals surface area (Å²) >= 11 is 12.7. The molecule has 4 aromatic rings. The molecule has 0 unspecified atom stereocenters. The number of benzene rings is 2. The Morgan fingerprint density at radius 3 is 1.45 bits per heavy atom. The van der Waals surface area contributed by atoms with E-state index in [0.29, 0.717) is 10.0 Å². The second-order valence-corrected chi connectivity index (χ2v) is 5.83. The molecule has 0 saturated heterocycles.